The Morgan fingerprint density at radius 1 is 1.06 bits per heavy atom. The number of hydrogen-bond donors (Lipinski definition) is 2. The molecule has 1 fully saturated rings. The van der Waals surface area contributed by atoms with Crippen LogP contribution in [0.25, 0.3) is 0 Å². The highest BCUT2D eigenvalue weighted by atomic mass is 16.5. The molecule has 0 bridgehead atoms. The molecule has 1 aromatic heterocycles. The lowest BCUT2D eigenvalue weighted by atomic mass is 10.1. The molecule has 0 aliphatic carbocycles. The number of likely N-dealkylation sites (N-methyl/N-ethyl adjacent to an activating group) is 1. The summed E-state index contributed by atoms with van der Waals surface area (Å²) in [6.45, 7) is 16.5. The maximum atomic E-state index is 5.80. The first-order valence-electron chi connectivity index (χ1n) is 11.8. The lowest BCUT2D eigenvalue weighted by Gasteiger charge is -2.34. The molecule has 1 aromatic carbocycles. The second-order valence-corrected chi connectivity index (χ2v) is 8.04. The molecule has 1 saturated heterocycles. The van der Waals surface area contributed by atoms with Gasteiger partial charge in [-0.2, -0.15) is 0 Å². The first-order valence-corrected chi connectivity index (χ1v) is 11.8. The number of guanidine groups is 1. The molecule has 0 atom stereocenters. The van der Waals surface area contributed by atoms with Crippen molar-refractivity contribution in [2.24, 2.45) is 4.99 Å². The van der Waals surface area contributed by atoms with Crippen molar-refractivity contribution in [3.05, 3.63) is 53.2 Å². The van der Waals surface area contributed by atoms with Gasteiger partial charge in [0.1, 0.15) is 11.6 Å². The monoisotopic (exact) mass is 438 g/mol. The predicted molar refractivity (Wildman–Crippen MR) is 133 cm³/mol. The zero-order valence-corrected chi connectivity index (χ0v) is 20.0. The van der Waals surface area contributed by atoms with Gasteiger partial charge in [0.25, 0.3) is 0 Å². The number of aryl methyl sites for hydroxylation is 1. The predicted octanol–water partition coefficient (Wildman–Crippen LogP) is 3.19. The van der Waals surface area contributed by atoms with Gasteiger partial charge < -0.3 is 25.2 Å². The molecule has 7 heteroatoms. The zero-order chi connectivity index (χ0) is 22.8. The molecule has 3 rings (SSSR count). The van der Waals surface area contributed by atoms with Gasteiger partial charge in [-0.05, 0) is 50.6 Å². The van der Waals surface area contributed by atoms with Crippen LogP contribution in [0.5, 0.6) is 5.75 Å². The van der Waals surface area contributed by atoms with Crippen molar-refractivity contribution in [2.45, 2.75) is 40.8 Å². The molecule has 2 aromatic rings. The summed E-state index contributed by atoms with van der Waals surface area (Å²) in [5.41, 5.74) is 3.42. The van der Waals surface area contributed by atoms with Gasteiger partial charge in [-0.25, -0.2) is 9.98 Å². The molecule has 32 heavy (non-hydrogen) atoms. The molecule has 0 saturated carbocycles. The highest BCUT2D eigenvalue weighted by molar-refractivity contribution is 5.79. The van der Waals surface area contributed by atoms with Gasteiger partial charge in [-0.1, -0.05) is 25.1 Å². The Balaban J connectivity index is 1.58. The number of aliphatic imine (C=N–C) groups is 1. The van der Waals surface area contributed by atoms with Crippen LogP contribution >= 0.6 is 0 Å². The first kappa shape index (κ1) is 23.9. The minimum Gasteiger partial charge on any atom is -0.494 e. The van der Waals surface area contributed by atoms with Crippen molar-refractivity contribution in [3.63, 3.8) is 0 Å². The van der Waals surface area contributed by atoms with E-state index < -0.39 is 0 Å². The number of rotatable bonds is 9. The molecule has 0 radical (unpaired) electrons. The Labute approximate surface area is 192 Å². The molecular weight excluding hydrogens is 400 g/mol. The molecule has 1 aliphatic rings. The Morgan fingerprint density at radius 2 is 1.88 bits per heavy atom. The van der Waals surface area contributed by atoms with E-state index in [2.05, 4.69) is 71.5 Å². The number of aromatic nitrogens is 1. The number of nitrogens with zero attached hydrogens (tertiary/aromatic N) is 4. The van der Waals surface area contributed by atoms with Gasteiger partial charge in [0, 0.05) is 51.0 Å². The van der Waals surface area contributed by atoms with Crippen LogP contribution in [-0.2, 0) is 13.1 Å². The van der Waals surface area contributed by atoms with E-state index in [9.17, 15) is 0 Å². The summed E-state index contributed by atoms with van der Waals surface area (Å²) in [6, 6.07) is 10.6. The minimum atomic E-state index is 0.582. The van der Waals surface area contributed by atoms with Gasteiger partial charge in [-0.3, -0.25) is 0 Å². The smallest absolute Gasteiger partial charge is 0.191 e. The van der Waals surface area contributed by atoms with E-state index in [0.29, 0.717) is 19.7 Å². The molecule has 174 valence electrons. The number of nitrogens with one attached hydrogen (secondary N) is 2. The Hall–Kier alpha value is -2.80. The third-order valence-electron chi connectivity index (χ3n) is 5.69. The average molecular weight is 439 g/mol. The van der Waals surface area contributed by atoms with Gasteiger partial charge in [0.15, 0.2) is 5.96 Å². The Kier molecular flexibility index (Phi) is 9.16. The van der Waals surface area contributed by atoms with E-state index in [-0.39, 0.29) is 0 Å². The van der Waals surface area contributed by atoms with E-state index in [4.69, 9.17) is 14.7 Å². The molecule has 7 nitrogen and oxygen atoms in total. The largest absolute Gasteiger partial charge is 0.494 e. The lowest BCUT2D eigenvalue weighted by Crippen LogP contribution is -2.46. The minimum absolute atomic E-state index is 0.582. The first-order chi connectivity index (χ1) is 15.6. The van der Waals surface area contributed by atoms with Gasteiger partial charge in [-0.15, -0.1) is 0 Å². The van der Waals surface area contributed by atoms with Crippen molar-refractivity contribution in [3.8, 4) is 5.75 Å². The lowest BCUT2D eigenvalue weighted by molar-refractivity contribution is 0.270. The fourth-order valence-electron chi connectivity index (χ4n) is 3.78. The number of benzene rings is 1. The topological polar surface area (TPSA) is 65.0 Å². The summed E-state index contributed by atoms with van der Waals surface area (Å²) >= 11 is 0. The summed E-state index contributed by atoms with van der Waals surface area (Å²) in [5.74, 6) is 2.77. The van der Waals surface area contributed by atoms with Crippen molar-refractivity contribution in [1.29, 1.82) is 0 Å². The summed E-state index contributed by atoms with van der Waals surface area (Å²) in [4.78, 5) is 14.3. The van der Waals surface area contributed by atoms with Crippen LogP contribution in [0, 0.1) is 6.92 Å². The molecule has 2 heterocycles. The second-order valence-electron chi connectivity index (χ2n) is 8.04. The zero-order valence-electron chi connectivity index (χ0n) is 20.0. The molecule has 2 N–H and O–H groups in total. The number of ether oxygens (including phenoxy) is 1. The average Bonchev–Trinajstić information content (AvgIpc) is 2.82. The third-order valence-corrected chi connectivity index (χ3v) is 5.69. The number of anilines is 1. The Morgan fingerprint density at radius 3 is 2.53 bits per heavy atom. The quantitative estimate of drug-likeness (QED) is 0.463. The van der Waals surface area contributed by atoms with E-state index >= 15 is 0 Å². The summed E-state index contributed by atoms with van der Waals surface area (Å²) in [5, 5.41) is 6.75. The SMILES string of the molecule is CCNC(=NCc1ccc(N2CCN(CC)CC2)nc1)NCc1ccc(C)cc1OCC. The van der Waals surface area contributed by atoms with Crippen molar-refractivity contribution in [2.75, 3.05) is 50.8 Å². The highest BCUT2D eigenvalue weighted by Crippen LogP contribution is 2.20. The van der Waals surface area contributed by atoms with Gasteiger partial charge in [0.05, 0.1) is 13.2 Å². The fraction of sp³-hybridized carbons (Fsp3) is 0.520. The van der Waals surface area contributed by atoms with E-state index in [1.807, 2.05) is 13.1 Å². The van der Waals surface area contributed by atoms with Gasteiger partial charge in [0.2, 0.25) is 0 Å². The van der Waals surface area contributed by atoms with Crippen molar-refractivity contribution in [1.82, 2.24) is 20.5 Å². The van der Waals surface area contributed by atoms with E-state index in [0.717, 1.165) is 67.9 Å². The third kappa shape index (κ3) is 6.85. The van der Waals surface area contributed by atoms with Crippen molar-refractivity contribution < 1.29 is 4.74 Å². The maximum Gasteiger partial charge on any atom is 0.191 e. The molecular formula is C25H38N6O. The van der Waals surface area contributed by atoms with E-state index in [1.165, 1.54) is 5.56 Å². The Bertz CT molecular complexity index is 859. The van der Waals surface area contributed by atoms with Crippen LogP contribution in [0.4, 0.5) is 5.82 Å². The summed E-state index contributed by atoms with van der Waals surface area (Å²) < 4.78 is 5.80. The van der Waals surface area contributed by atoms with Crippen LogP contribution in [0.1, 0.15) is 37.5 Å². The number of piperazine rings is 1. The van der Waals surface area contributed by atoms with E-state index in [1.54, 1.807) is 0 Å². The summed E-state index contributed by atoms with van der Waals surface area (Å²) in [6.07, 6.45) is 1.95. The molecule has 1 aliphatic heterocycles. The molecule has 0 amide bonds. The maximum absolute atomic E-state index is 5.80. The summed E-state index contributed by atoms with van der Waals surface area (Å²) in [7, 11) is 0. The second kappa shape index (κ2) is 12.3. The molecule has 0 unspecified atom stereocenters. The fourth-order valence-corrected chi connectivity index (χ4v) is 3.78. The van der Waals surface area contributed by atoms with Crippen LogP contribution in [0.3, 0.4) is 0 Å². The van der Waals surface area contributed by atoms with Crippen LogP contribution in [0.2, 0.25) is 0 Å². The van der Waals surface area contributed by atoms with Crippen molar-refractivity contribution >= 4 is 11.8 Å². The highest BCUT2D eigenvalue weighted by Gasteiger charge is 2.16. The van der Waals surface area contributed by atoms with Crippen LogP contribution in [-0.4, -0.2) is 61.7 Å². The normalized spacial score (nSPS) is 15.0. The van der Waals surface area contributed by atoms with Crippen LogP contribution in [0.15, 0.2) is 41.5 Å². The van der Waals surface area contributed by atoms with Gasteiger partial charge >= 0.3 is 0 Å². The molecule has 0 spiro atoms. The number of hydrogen-bond acceptors (Lipinski definition) is 5. The van der Waals surface area contributed by atoms with Crippen LogP contribution < -0.4 is 20.3 Å². The standard InChI is InChI=1S/C25H38N6O/c1-5-26-25(29-19-22-10-8-20(4)16-23(22)32-7-3)28-18-21-9-11-24(27-17-21)31-14-12-30(6-2)13-15-31/h8-11,16-17H,5-7,12-15,18-19H2,1-4H3,(H2,26,28,29). The number of pyridine rings is 1.